The topological polar surface area (TPSA) is 160 Å². The standard InChI is InChI=1S/C21H25N5O6S2/c1-12(2)7-9-21(3)19(28)17(18(27)15-8-10-22-26(15)21)20-23-14-6-5-13(24-33(4,29)30)11-16(14)34(31,32)25-20/h5-6,8,10-12,24,27H,7,9H2,1-4H3,(H,23,25). The molecular formula is C21H25N5O6S2. The van der Waals surface area contributed by atoms with Gasteiger partial charge in [-0.2, -0.15) is 13.5 Å². The van der Waals surface area contributed by atoms with Crippen LogP contribution in [-0.4, -0.2) is 49.6 Å². The van der Waals surface area contributed by atoms with Gasteiger partial charge in [-0.1, -0.05) is 13.8 Å². The number of carbonyl (C=O) groups excluding carboxylic acids is 1. The van der Waals surface area contributed by atoms with E-state index in [2.05, 4.69) is 19.5 Å². The number of aliphatic hydroxyl groups is 1. The monoisotopic (exact) mass is 507 g/mol. The third-order valence-corrected chi connectivity index (χ3v) is 7.70. The van der Waals surface area contributed by atoms with Crippen LogP contribution >= 0.6 is 0 Å². The van der Waals surface area contributed by atoms with Gasteiger partial charge in [0.05, 0.1) is 11.9 Å². The third-order valence-electron chi connectivity index (χ3n) is 5.78. The Balaban J connectivity index is 1.81. The smallest absolute Gasteiger partial charge is 0.286 e. The lowest BCUT2D eigenvalue weighted by Crippen LogP contribution is -2.47. The van der Waals surface area contributed by atoms with E-state index in [1.807, 2.05) is 13.8 Å². The average Bonchev–Trinajstić information content (AvgIpc) is 3.21. The SMILES string of the molecule is CC(C)CCC1(C)C(=O)C(C2=NS(=O)(=O)c3cc(NS(C)(=O)=O)ccc3N2)=C(O)c2ccnn21. The number of hydrogen-bond donors (Lipinski definition) is 3. The van der Waals surface area contributed by atoms with Crippen molar-refractivity contribution in [2.24, 2.45) is 10.3 Å². The van der Waals surface area contributed by atoms with Gasteiger partial charge in [-0.25, -0.2) is 13.1 Å². The lowest BCUT2D eigenvalue weighted by Gasteiger charge is -2.36. The molecule has 13 heteroatoms. The Labute approximate surface area is 197 Å². The van der Waals surface area contributed by atoms with Crippen LogP contribution in [0.25, 0.3) is 5.76 Å². The van der Waals surface area contributed by atoms with Crippen LogP contribution in [0.15, 0.2) is 45.3 Å². The van der Waals surface area contributed by atoms with E-state index in [0.29, 0.717) is 18.8 Å². The van der Waals surface area contributed by atoms with Crippen LogP contribution in [0.1, 0.15) is 39.3 Å². The highest BCUT2D eigenvalue weighted by Crippen LogP contribution is 2.39. The lowest BCUT2D eigenvalue weighted by atomic mass is 9.81. The predicted molar refractivity (Wildman–Crippen MR) is 128 cm³/mol. The Kier molecular flexibility index (Phi) is 5.60. The molecule has 2 aromatic rings. The molecule has 0 spiro atoms. The minimum atomic E-state index is -4.32. The molecule has 4 rings (SSSR count). The average molecular weight is 508 g/mol. The van der Waals surface area contributed by atoms with Gasteiger partial charge in [0.25, 0.3) is 10.0 Å². The van der Waals surface area contributed by atoms with Crippen LogP contribution in [0.4, 0.5) is 11.4 Å². The molecule has 34 heavy (non-hydrogen) atoms. The van der Waals surface area contributed by atoms with Crippen LogP contribution in [0.5, 0.6) is 0 Å². The fourth-order valence-corrected chi connectivity index (χ4v) is 5.73. The summed E-state index contributed by atoms with van der Waals surface area (Å²) in [6, 6.07) is 5.43. The van der Waals surface area contributed by atoms with Crippen molar-refractivity contribution in [2.75, 3.05) is 16.3 Å². The number of benzene rings is 1. The van der Waals surface area contributed by atoms with E-state index in [1.54, 1.807) is 13.0 Å². The first-order chi connectivity index (χ1) is 15.7. The van der Waals surface area contributed by atoms with Crippen LogP contribution in [0.2, 0.25) is 0 Å². The number of hydrogen-bond acceptors (Lipinski definition) is 8. The molecule has 0 fully saturated rings. The summed E-state index contributed by atoms with van der Waals surface area (Å²) in [6.07, 6.45) is 3.53. The molecule has 182 valence electrons. The summed E-state index contributed by atoms with van der Waals surface area (Å²) in [7, 11) is -7.95. The van der Waals surface area contributed by atoms with Crippen molar-refractivity contribution < 1.29 is 26.7 Å². The van der Waals surface area contributed by atoms with E-state index in [1.165, 1.54) is 23.0 Å². The summed E-state index contributed by atoms with van der Waals surface area (Å²) < 4.78 is 56.5. The number of Topliss-reactive ketones (excluding diaryl/α,β-unsaturated/α-hetero) is 1. The maximum Gasteiger partial charge on any atom is 0.286 e. The van der Waals surface area contributed by atoms with Crippen molar-refractivity contribution in [3.63, 3.8) is 0 Å². The predicted octanol–water partition coefficient (Wildman–Crippen LogP) is 2.47. The van der Waals surface area contributed by atoms with Gasteiger partial charge in [-0.15, -0.1) is 4.40 Å². The molecule has 0 aliphatic carbocycles. The molecule has 1 aromatic carbocycles. The highest BCUT2D eigenvalue weighted by Gasteiger charge is 2.47. The molecule has 1 aromatic heterocycles. The first-order valence-electron chi connectivity index (χ1n) is 10.5. The Bertz CT molecular complexity index is 1470. The summed E-state index contributed by atoms with van der Waals surface area (Å²) in [4.78, 5) is 13.4. The number of aliphatic hydroxyl groups excluding tert-OH is 1. The minimum absolute atomic E-state index is 0.0474. The van der Waals surface area contributed by atoms with Gasteiger partial charge >= 0.3 is 0 Å². The molecule has 0 bridgehead atoms. The quantitative estimate of drug-likeness (QED) is 0.537. The number of fused-ring (bicyclic) bond motifs is 2. The third kappa shape index (κ3) is 4.09. The van der Waals surface area contributed by atoms with Crippen molar-refractivity contribution in [1.82, 2.24) is 9.78 Å². The molecule has 11 nitrogen and oxygen atoms in total. The van der Waals surface area contributed by atoms with E-state index in [-0.39, 0.29) is 33.4 Å². The van der Waals surface area contributed by atoms with Crippen molar-refractivity contribution in [3.8, 4) is 0 Å². The first kappa shape index (κ1) is 24.0. The van der Waals surface area contributed by atoms with Crippen LogP contribution in [0.3, 0.4) is 0 Å². The van der Waals surface area contributed by atoms with Gasteiger partial charge in [-0.05, 0) is 49.9 Å². The number of rotatable bonds is 6. The molecule has 2 aliphatic rings. The van der Waals surface area contributed by atoms with E-state index < -0.39 is 37.1 Å². The van der Waals surface area contributed by atoms with Gasteiger partial charge in [0, 0.05) is 11.9 Å². The molecule has 1 atom stereocenters. The first-order valence-corrected chi connectivity index (χ1v) is 13.8. The van der Waals surface area contributed by atoms with E-state index >= 15 is 0 Å². The van der Waals surface area contributed by atoms with Gasteiger partial charge in [0.15, 0.2) is 17.4 Å². The van der Waals surface area contributed by atoms with E-state index in [4.69, 9.17) is 0 Å². The Hall–Kier alpha value is -3.19. The van der Waals surface area contributed by atoms with Gasteiger partial charge in [0.1, 0.15) is 21.7 Å². The number of nitrogens with zero attached hydrogens (tertiary/aromatic N) is 3. The Morgan fingerprint density at radius 2 is 1.97 bits per heavy atom. The number of sulfonamides is 2. The highest BCUT2D eigenvalue weighted by molar-refractivity contribution is 7.92. The Morgan fingerprint density at radius 3 is 2.62 bits per heavy atom. The fraction of sp³-hybridized carbons (Fsp3) is 0.381. The van der Waals surface area contributed by atoms with Crippen molar-refractivity contribution in [3.05, 3.63) is 41.7 Å². The molecular weight excluding hydrogens is 482 g/mol. The molecule has 3 heterocycles. The highest BCUT2D eigenvalue weighted by atomic mass is 32.2. The summed E-state index contributed by atoms with van der Waals surface area (Å²) in [6.45, 7) is 5.76. The molecule has 0 saturated carbocycles. The van der Waals surface area contributed by atoms with E-state index in [0.717, 1.165) is 12.3 Å². The molecule has 0 amide bonds. The van der Waals surface area contributed by atoms with Crippen molar-refractivity contribution >= 4 is 48.8 Å². The second kappa shape index (κ2) is 7.94. The number of carbonyl (C=O) groups is 1. The van der Waals surface area contributed by atoms with Gasteiger partial charge < -0.3 is 10.4 Å². The fourth-order valence-electron chi connectivity index (χ4n) is 4.03. The Morgan fingerprint density at radius 1 is 1.26 bits per heavy atom. The molecule has 2 aliphatic heterocycles. The van der Waals surface area contributed by atoms with Crippen LogP contribution < -0.4 is 10.0 Å². The second-order valence-corrected chi connectivity index (χ2v) is 12.3. The zero-order valence-corrected chi connectivity index (χ0v) is 20.7. The van der Waals surface area contributed by atoms with Gasteiger partial charge in [0.2, 0.25) is 10.0 Å². The number of aromatic nitrogens is 2. The van der Waals surface area contributed by atoms with Crippen molar-refractivity contribution in [1.29, 1.82) is 0 Å². The van der Waals surface area contributed by atoms with Crippen molar-refractivity contribution in [2.45, 2.75) is 44.0 Å². The molecule has 0 radical (unpaired) electrons. The second-order valence-electron chi connectivity index (χ2n) is 9.01. The maximum absolute atomic E-state index is 13.7. The summed E-state index contributed by atoms with van der Waals surface area (Å²) >= 11 is 0. The largest absolute Gasteiger partial charge is 0.505 e. The minimum Gasteiger partial charge on any atom is -0.505 e. The number of nitrogens with one attached hydrogen (secondary N) is 2. The van der Waals surface area contributed by atoms with E-state index in [9.17, 15) is 26.7 Å². The maximum atomic E-state index is 13.7. The number of ketones is 1. The summed E-state index contributed by atoms with van der Waals surface area (Å²) in [5.74, 6) is -0.937. The van der Waals surface area contributed by atoms with Crippen LogP contribution in [-0.2, 0) is 30.4 Å². The van der Waals surface area contributed by atoms with Gasteiger partial charge in [-0.3, -0.25) is 9.52 Å². The molecule has 0 saturated heterocycles. The zero-order chi connectivity index (χ0) is 25.1. The zero-order valence-electron chi connectivity index (χ0n) is 19.0. The van der Waals surface area contributed by atoms with Crippen LogP contribution in [0, 0.1) is 5.92 Å². The lowest BCUT2D eigenvalue weighted by molar-refractivity contribution is -0.124. The molecule has 3 N–H and O–H groups in total. The molecule has 1 unspecified atom stereocenters. The number of anilines is 2. The summed E-state index contributed by atoms with van der Waals surface area (Å²) in [5.41, 5.74) is -0.971. The normalized spacial score (nSPS) is 21.6. The summed E-state index contributed by atoms with van der Waals surface area (Å²) in [5, 5.41) is 18.0. The number of amidine groups is 1.